The van der Waals surface area contributed by atoms with Crippen LogP contribution in [0.4, 0.5) is 0 Å². The molecule has 174 valence electrons. The standard InChI is InChI=1S/C26H30ClN3O2S/c1-17(2)12-14-28-25(32)24-23-20-6-4-5-7-21(20)29(3)26(23)33-16-22(31)30(24)15-13-18-8-10-19(27)11-9-18/h4-11,17,24H,12-16H2,1-3H3,(H,28,32)/t24-/m0/s1. The summed E-state index contributed by atoms with van der Waals surface area (Å²) in [4.78, 5) is 28.7. The van der Waals surface area contributed by atoms with E-state index in [4.69, 9.17) is 11.6 Å². The first kappa shape index (κ1) is 23.7. The van der Waals surface area contributed by atoms with Gasteiger partial charge in [-0.15, -0.1) is 0 Å². The Bertz CT molecular complexity index is 1160. The van der Waals surface area contributed by atoms with Crippen LogP contribution in [0.25, 0.3) is 10.9 Å². The number of para-hydroxylation sites is 1. The zero-order valence-electron chi connectivity index (χ0n) is 19.3. The summed E-state index contributed by atoms with van der Waals surface area (Å²) in [5, 5.41) is 5.81. The lowest BCUT2D eigenvalue weighted by Gasteiger charge is -2.30. The third-order valence-corrected chi connectivity index (χ3v) is 7.56. The van der Waals surface area contributed by atoms with E-state index in [1.54, 1.807) is 4.90 Å². The fraction of sp³-hybridized carbons (Fsp3) is 0.385. The first-order valence-electron chi connectivity index (χ1n) is 11.4. The number of aryl methyl sites for hydroxylation is 1. The summed E-state index contributed by atoms with van der Waals surface area (Å²) < 4.78 is 2.11. The van der Waals surface area contributed by atoms with Crippen LogP contribution in [0, 0.1) is 5.92 Å². The summed E-state index contributed by atoms with van der Waals surface area (Å²) in [6.07, 6.45) is 1.55. The van der Waals surface area contributed by atoms with Gasteiger partial charge < -0.3 is 14.8 Å². The quantitative estimate of drug-likeness (QED) is 0.501. The smallest absolute Gasteiger partial charge is 0.247 e. The second-order valence-corrected chi connectivity index (χ2v) is 10.3. The number of aromatic nitrogens is 1. The van der Waals surface area contributed by atoms with Crippen molar-refractivity contribution in [3.63, 3.8) is 0 Å². The maximum absolute atomic E-state index is 13.6. The van der Waals surface area contributed by atoms with Crippen molar-refractivity contribution >= 4 is 46.1 Å². The number of carbonyl (C=O) groups excluding carboxylic acids is 2. The average Bonchev–Trinajstić information content (AvgIpc) is 2.97. The highest BCUT2D eigenvalue weighted by Crippen LogP contribution is 2.41. The predicted octanol–water partition coefficient (Wildman–Crippen LogP) is 5.21. The zero-order chi connectivity index (χ0) is 23.5. The van der Waals surface area contributed by atoms with Gasteiger partial charge >= 0.3 is 0 Å². The van der Waals surface area contributed by atoms with Crippen LogP contribution < -0.4 is 5.32 Å². The van der Waals surface area contributed by atoms with Gasteiger partial charge in [-0.3, -0.25) is 9.59 Å². The third kappa shape index (κ3) is 5.07. The van der Waals surface area contributed by atoms with Crippen molar-refractivity contribution in [3.8, 4) is 0 Å². The van der Waals surface area contributed by atoms with Gasteiger partial charge in [-0.25, -0.2) is 0 Å². The number of carbonyl (C=O) groups is 2. The molecule has 1 aliphatic rings. The van der Waals surface area contributed by atoms with Crippen molar-refractivity contribution in [2.75, 3.05) is 18.8 Å². The lowest BCUT2D eigenvalue weighted by molar-refractivity contribution is -0.138. The topological polar surface area (TPSA) is 54.3 Å². The number of nitrogens with zero attached hydrogens (tertiary/aromatic N) is 2. The van der Waals surface area contributed by atoms with Crippen LogP contribution in [0.2, 0.25) is 5.02 Å². The Morgan fingerprint density at radius 2 is 1.91 bits per heavy atom. The summed E-state index contributed by atoms with van der Waals surface area (Å²) in [6.45, 7) is 5.34. The number of rotatable bonds is 7. The molecule has 0 saturated carbocycles. The number of nitrogens with one attached hydrogen (secondary N) is 1. The average molecular weight is 484 g/mol. The Balaban J connectivity index is 1.73. The van der Waals surface area contributed by atoms with E-state index >= 15 is 0 Å². The van der Waals surface area contributed by atoms with Crippen molar-refractivity contribution < 1.29 is 9.59 Å². The zero-order valence-corrected chi connectivity index (χ0v) is 20.9. The number of halogens is 1. The minimum atomic E-state index is -0.659. The number of hydrogen-bond donors (Lipinski definition) is 1. The molecule has 0 aliphatic carbocycles. The van der Waals surface area contributed by atoms with Crippen molar-refractivity contribution in [2.45, 2.75) is 37.8 Å². The van der Waals surface area contributed by atoms with Crippen LogP contribution in [0.3, 0.4) is 0 Å². The van der Waals surface area contributed by atoms with Gasteiger partial charge in [0.25, 0.3) is 0 Å². The highest BCUT2D eigenvalue weighted by Gasteiger charge is 2.38. The lowest BCUT2D eigenvalue weighted by Crippen LogP contribution is -2.45. The number of thioether (sulfide) groups is 1. The fourth-order valence-corrected chi connectivity index (χ4v) is 5.58. The molecule has 0 fully saturated rings. The largest absolute Gasteiger partial charge is 0.354 e. The van der Waals surface area contributed by atoms with Crippen molar-refractivity contribution in [1.29, 1.82) is 0 Å². The molecule has 2 amide bonds. The molecule has 0 bridgehead atoms. The van der Waals surface area contributed by atoms with Gasteiger partial charge in [0.2, 0.25) is 11.8 Å². The van der Waals surface area contributed by atoms with E-state index in [9.17, 15) is 9.59 Å². The first-order valence-corrected chi connectivity index (χ1v) is 12.7. The summed E-state index contributed by atoms with van der Waals surface area (Å²) >= 11 is 7.55. The molecule has 33 heavy (non-hydrogen) atoms. The molecule has 1 N–H and O–H groups in total. The predicted molar refractivity (Wildman–Crippen MR) is 136 cm³/mol. The maximum Gasteiger partial charge on any atom is 0.247 e. The van der Waals surface area contributed by atoms with Crippen molar-refractivity contribution in [2.24, 2.45) is 13.0 Å². The van der Waals surface area contributed by atoms with Crippen LogP contribution >= 0.6 is 23.4 Å². The van der Waals surface area contributed by atoms with Gasteiger partial charge in [-0.1, -0.05) is 67.5 Å². The number of fused-ring (bicyclic) bond motifs is 3. The van der Waals surface area contributed by atoms with Gasteiger partial charge in [0, 0.05) is 41.6 Å². The van der Waals surface area contributed by atoms with Gasteiger partial charge in [-0.05, 0) is 42.5 Å². The molecule has 0 unspecified atom stereocenters. The summed E-state index contributed by atoms with van der Waals surface area (Å²) in [6, 6.07) is 15.1. The van der Waals surface area contributed by atoms with Crippen LogP contribution in [-0.4, -0.2) is 40.1 Å². The first-order chi connectivity index (χ1) is 15.9. The highest BCUT2D eigenvalue weighted by molar-refractivity contribution is 8.00. The van der Waals surface area contributed by atoms with Crippen LogP contribution in [0.1, 0.15) is 37.4 Å². The third-order valence-electron chi connectivity index (χ3n) is 6.15. The Kier molecular flexibility index (Phi) is 7.35. The van der Waals surface area contributed by atoms with Crippen molar-refractivity contribution in [1.82, 2.24) is 14.8 Å². The van der Waals surface area contributed by atoms with Gasteiger partial charge in [0.1, 0.15) is 6.04 Å². The van der Waals surface area contributed by atoms with Crippen LogP contribution in [0.5, 0.6) is 0 Å². The SMILES string of the molecule is CC(C)CCNC(=O)[C@@H]1c2c(n(C)c3ccccc23)SCC(=O)N1CCc1ccc(Cl)cc1. The van der Waals surface area contributed by atoms with Gasteiger partial charge in [-0.2, -0.15) is 0 Å². The monoisotopic (exact) mass is 483 g/mol. The minimum absolute atomic E-state index is 0.0155. The van der Waals surface area contributed by atoms with E-state index in [1.165, 1.54) is 11.8 Å². The molecule has 1 aromatic heterocycles. The van der Waals surface area contributed by atoms with E-state index in [0.717, 1.165) is 33.5 Å². The molecular weight excluding hydrogens is 454 g/mol. The molecule has 2 aromatic carbocycles. The molecule has 3 aromatic rings. The molecule has 1 aliphatic heterocycles. The Morgan fingerprint density at radius 1 is 1.18 bits per heavy atom. The van der Waals surface area contributed by atoms with Crippen molar-refractivity contribution in [3.05, 3.63) is 64.7 Å². The van der Waals surface area contributed by atoms with E-state index < -0.39 is 6.04 Å². The van der Waals surface area contributed by atoms with Crippen LogP contribution in [-0.2, 0) is 23.1 Å². The Morgan fingerprint density at radius 3 is 2.64 bits per heavy atom. The van der Waals surface area contributed by atoms with E-state index in [2.05, 4.69) is 35.9 Å². The number of hydrogen-bond acceptors (Lipinski definition) is 3. The number of benzene rings is 2. The summed E-state index contributed by atoms with van der Waals surface area (Å²) in [5.41, 5.74) is 3.09. The molecular formula is C26H30ClN3O2S. The highest BCUT2D eigenvalue weighted by atomic mass is 35.5. The second kappa shape index (κ2) is 10.2. The summed E-state index contributed by atoms with van der Waals surface area (Å²) in [5.74, 6) is 0.678. The summed E-state index contributed by atoms with van der Waals surface area (Å²) in [7, 11) is 2.01. The van der Waals surface area contributed by atoms with Gasteiger partial charge in [0.05, 0.1) is 10.8 Å². The fourth-order valence-electron chi connectivity index (χ4n) is 4.36. The number of amides is 2. The molecule has 5 nitrogen and oxygen atoms in total. The van der Waals surface area contributed by atoms with Gasteiger partial charge in [0.15, 0.2) is 0 Å². The Labute approximate surface area is 204 Å². The maximum atomic E-state index is 13.6. The molecule has 4 rings (SSSR count). The molecule has 0 spiro atoms. The minimum Gasteiger partial charge on any atom is -0.354 e. The normalized spacial score (nSPS) is 16.2. The van der Waals surface area contributed by atoms with E-state index in [0.29, 0.717) is 36.2 Å². The molecule has 1 atom stereocenters. The Hall–Kier alpha value is -2.44. The van der Waals surface area contributed by atoms with Crippen LogP contribution in [0.15, 0.2) is 53.6 Å². The molecule has 7 heteroatoms. The second-order valence-electron chi connectivity index (χ2n) is 8.92. The van der Waals surface area contributed by atoms with E-state index in [-0.39, 0.29) is 11.8 Å². The molecule has 0 saturated heterocycles. The van der Waals surface area contributed by atoms with E-state index in [1.807, 2.05) is 43.4 Å². The molecule has 2 heterocycles. The lowest BCUT2D eigenvalue weighted by atomic mass is 10.0. The molecule has 0 radical (unpaired) electrons.